The number of esters is 1. The highest BCUT2D eigenvalue weighted by Crippen LogP contribution is 2.48. The molecule has 0 radical (unpaired) electrons. The molecule has 1 atom stereocenters. The average Bonchev–Trinajstić information content (AvgIpc) is 3.08. The Morgan fingerprint density at radius 1 is 1.29 bits per heavy atom. The van der Waals surface area contributed by atoms with Crippen LogP contribution in [-0.4, -0.2) is 27.8 Å². The van der Waals surface area contributed by atoms with E-state index in [1.54, 1.807) is 12.1 Å². The van der Waals surface area contributed by atoms with Gasteiger partial charge >= 0.3 is 5.97 Å². The lowest BCUT2D eigenvalue weighted by atomic mass is 9.75. The van der Waals surface area contributed by atoms with E-state index in [0.717, 1.165) is 42.8 Å². The highest BCUT2D eigenvalue weighted by Gasteiger charge is 2.39. The van der Waals surface area contributed by atoms with Crippen LogP contribution in [0.5, 0.6) is 0 Å². The lowest BCUT2D eigenvalue weighted by Crippen LogP contribution is -2.25. The van der Waals surface area contributed by atoms with Crippen LogP contribution in [0.3, 0.4) is 0 Å². The lowest BCUT2D eigenvalue weighted by molar-refractivity contribution is -0.384. The standard InChI is InChI=1S/C23H28N4O4/c1-13-8-10-15(11-9-13)21-20-19(16-6-5-7-17(12-16)27(29)30)18(23(28)31-4)14(2)24-22(20)26(3)25-21/h5-7,12-13,15,19,24H,8-11H2,1-4H3. The van der Waals surface area contributed by atoms with Crippen molar-refractivity contribution in [1.82, 2.24) is 9.78 Å². The molecule has 164 valence electrons. The van der Waals surface area contributed by atoms with E-state index in [9.17, 15) is 14.9 Å². The SMILES string of the molecule is COC(=O)C1=C(C)Nc2c(c(C3CCC(C)CC3)nn2C)C1c1cccc([N+](=O)[O-])c1. The number of nitrogens with one attached hydrogen (secondary N) is 1. The van der Waals surface area contributed by atoms with Crippen LogP contribution in [-0.2, 0) is 16.6 Å². The molecule has 1 N–H and O–H groups in total. The van der Waals surface area contributed by atoms with Crippen LogP contribution >= 0.6 is 0 Å². The first-order valence-corrected chi connectivity index (χ1v) is 10.7. The second-order valence-corrected chi connectivity index (χ2v) is 8.67. The minimum atomic E-state index is -0.480. The van der Waals surface area contributed by atoms with Gasteiger partial charge in [0.25, 0.3) is 5.69 Å². The van der Waals surface area contributed by atoms with E-state index >= 15 is 0 Å². The zero-order valence-electron chi connectivity index (χ0n) is 18.3. The fourth-order valence-electron chi connectivity index (χ4n) is 4.97. The zero-order valence-corrected chi connectivity index (χ0v) is 18.3. The summed E-state index contributed by atoms with van der Waals surface area (Å²) in [7, 11) is 3.25. The number of allylic oxidation sites excluding steroid dienone is 1. The molecule has 1 fully saturated rings. The van der Waals surface area contributed by atoms with Crippen molar-refractivity contribution in [2.24, 2.45) is 13.0 Å². The first kappa shape index (κ1) is 21.1. The van der Waals surface area contributed by atoms with Crippen LogP contribution in [0.1, 0.15) is 68.2 Å². The molecule has 2 aliphatic rings. The molecule has 1 aliphatic heterocycles. The van der Waals surface area contributed by atoms with E-state index in [2.05, 4.69) is 12.2 Å². The molecule has 1 aromatic heterocycles. The van der Waals surface area contributed by atoms with E-state index < -0.39 is 16.8 Å². The average molecular weight is 425 g/mol. The van der Waals surface area contributed by atoms with Crippen LogP contribution < -0.4 is 5.32 Å². The van der Waals surface area contributed by atoms with Gasteiger partial charge in [-0.2, -0.15) is 5.10 Å². The maximum Gasteiger partial charge on any atom is 0.336 e. The van der Waals surface area contributed by atoms with Gasteiger partial charge in [-0.3, -0.25) is 14.8 Å². The number of aryl methyl sites for hydroxylation is 1. The summed E-state index contributed by atoms with van der Waals surface area (Å²) in [5.41, 5.74) is 3.72. The summed E-state index contributed by atoms with van der Waals surface area (Å²) in [6, 6.07) is 6.52. The van der Waals surface area contributed by atoms with E-state index in [1.165, 1.54) is 13.2 Å². The predicted octanol–water partition coefficient (Wildman–Crippen LogP) is 4.63. The number of rotatable bonds is 4. The summed E-state index contributed by atoms with van der Waals surface area (Å²) < 4.78 is 6.94. The molecule has 8 nitrogen and oxygen atoms in total. The topological polar surface area (TPSA) is 99.3 Å². The monoisotopic (exact) mass is 424 g/mol. The van der Waals surface area contributed by atoms with E-state index in [1.807, 2.05) is 24.7 Å². The smallest absolute Gasteiger partial charge is 0.336 e. The first-order valence-electron chi connectivity index (χ1n) is 10.7. The number of ether oxygens (including phenoxy) is 1. The second-order valence-electron chi connectivity index (χ2n) is 8.67. The second kappa shape index (κ2) is 8.17. The van der Waals surface area contributed by atoms with Gasteiger partial charge < -0.3 is 10.1 Å². The van der Waals surface area contributed by atoms with Crippen molar-refractivity contribution in [3.8, 4) is 0 Å². The number of fused-ring (bicyclic) bond motifs is 1. The molecule has 4 rings (SSSR count). The van der Waals surface area contributed by atoms with Gasteiger partial charge in [-0.25, -0.2) is 4.79 Å². The third-order valence-corrected chi connectivity index (χ3v) is 6.62. The number of carbonyl (C=O) groups is 1. The van der Waals surface area contributed by atoms with Crippen molar-refractivity contribution in [3.63, 3.8) is 0 Å². The number of nitro groups is 1. The molecule has 0 spiro atoms. The maximum absolute atomic E-state index is 12.8. The number of non-ortho nitro benzene ring substituents is 1. The van der Waals surface area contributed by atoms with Crippen molar-refractivity contribution < 1.29 is 14.5 Å². The molecule has 2 aromatic rings. The summed E-state index contributed by atoms with van der Waals surface area (Å²) in [5.74, 6) is 0.905. The first-order chi connectivity index (χ1) is 14.8. The Morgan fingerprint density at radius 3 is 2.65 bits per heavy atom. The predicted molar refractivity (Wildman–Crippen MR) is 117 cm³/mol. The summed E-state index contributed by atoms with van der Waals surface area (Å²) in [6.07, 6.45) is 4.37. The molecule has 0 saturated heterocycles. The van der Waals surface area contributed by atoms with Gasteiger partial charge in [0.2, 0.25) is 0 Å². The van der Waals surface area contributed by atoms with Crippen molar-refractivity contribution in [2.75, 3.05) is 12.4 Å². The number of hydrogen-bond donors (Lipinski definition) is 1. The Hall–Kier alpha value is -3.16. The Kier molecular flexibility index (Phi) is 5.56. The van der Waals surface area contributed by atoms with Crippen LogP contribution in [0.15, 0.2) is 35.5 Å². The van der Waals surface area contributed by atoms with E-state index in [-0.39, 0.29) is 5.69 Å². The molecule has 0 amide bonds. The van der Waals surface area contributed by atoms with Crippen molar-refractivity contribution in [1.29, 1.82) is 0 Å². The van der Waals surface area contributed by atoms with Crippen molar-refractivity contribution in [3.05, 3.63) is 62.5 Å². The Balaban J connectivity index is 1.91. The summed E-state index contributed by atoms with van der Waals surface area (Å²) in [6.45, 7) is 4.10. The van der Waals surface area contributed by atoms with Gasteiger partial charge in [-0.05, 0) is 31.2 Å². The largest absolute Gasteiger partial charge is 0.466 e. The Labute approximate surface area is 181 Å². The van der Waals surface area contributed by atoms with Crippen molar-refractivity contribution >= 4 is 17.5 Å². The van der Waals surface area contributed by atoms with Gasteiger partial charge in [0.15, 0.2) is 0 Å². The summed E-state index contributed by atoms with van der Waals surface area (Å²) in [5, 5.41) is 19.7. The molecule has 1 aliphatic carbocycles. The quantitative estimate of drug-likeness (QED) is 0.437. The minimum absolute atomic E-state index is 0.00335. The fraction of sp³-hybridized carbons (Fsp3) is 0.478. The molecular formula is C23H28N4O4. The van der Waals surface area contributed by atoms with Crippen molar-refractivity contribution in [2.45, 2.75) is 51.4 Å². The third-order valence-electron chi connectivity index (χ3n) is 6.62. The van der Waals surface area contributed by atoms with Gasteiger partial charge in [0, 0.05) is 42.3 Å². The Bertz CT molecular complexity index is 1060. The highest BCUT2D eigenvalue weighted by molar-refractivity contribution is 5.94. The third kappa shape index (κ3) is 3.71. The summed E-state index contributed by atoms with van der Waals surface area (Å²) in [4.78, 5) is 23.9. The van der Waals surface area contributed by atoms with Gasteiger partial charge in [0.05, 0.1) is 23.3 Å². The molecule has 0 bridgehead atoms. The highest BCUT2D eigenvalue weighted by atomic mass is 16.6. The molecular weight excluding hydrogens is 396 g/mol. The molecule has 1 saturated carbocycles. The van der Waals surface area contributed by atoms with E-state index in [0.29, 0.717) is 28.7 Å². The van der Waals surface area contributed by atoms with Crippen LogP contribution in [0.2, 0.25) is 0 Å². The number of nitro benzene ring substituents is 1. The zero-order chi connectivity index (χ0) is 22.3. The normalized spacial score (nSPS) is 23.2. The van der Waals surface area contributed by atoms with Gasteiger partial charge in [-0.1, -0.05) is 31.9 Å². The number of hydrogen-bond acceptors (Lipinski definition) is 6. The number of methoxy groups -OCH3 is 1. The van der Waals surface area contributed by atoms with Crippen LogP contribution in [0.4, 0.5) is 11.5 Å². The molecule has 31 heavy (non-hydrogen) atoms. The minimum Gasteiger partial charge on any atom is -0.466 e. The van der Waals surface area contributed by atoms with Gasteiger partial charge in [0.1, 0.15) is 5.82 Å². The molecule has 1 unspecified atom stereocenters. The number of carbonyl (C=O) groups excluding carboxylic acids is 1. The molecule has 1 aromatic carbocycles. The molecule has 8 heteroatoms. The number of benzene rings is 1. The van der Waals surface area contributed by atoms with Gasteiger partial charge in [-0.15, -0.1) is 0 Å². The van der Waals surface area contributed by atoms with Crippen LogP contribution in [0, 0.1) is 16.0 Å². The number of aromatic nitrogens is 2. The summed E-state index contributed by atoms with van der Waals surface area (Å²) >= 11 is 0. The maximum atomic E-state index is 12.8. The molecule has 2 heterocycles. The number of nitrogens with zero attached hydrogens (tertiary/aromatic N) is 3. The van der Waals surface area contributed by atoms with E-state index in [4.69, 9.17) is 9.84 Å². The fourth-order valence-corrected chi connectivity index (χ4v) is 4.97. The lowest BCUT2D eigenvalue weighted by Gasteiger charge is -2.31. The Morgan fingerprint density at radius 2 is 2.00 bits per heavy atom. The number of anilines is 1. The van der Waals surface area contributed by atoms with Crippen LogP contribution in [0.25, 0.3) is 0 Å².